The number of carbonyl (C=O) groups is 1. The van der Waals surface area contributed by atoms with Crippen LogP contribution in [0.4, 0.5) is 24.5 Å². The molecule has 0 bridgehead atoms. The van der Waals surface area contributed by atoms with Gasteiger partial charge in [0.05, 0.1) is 34.4 Å². The number of alkyl halides is 3. The van der Waals surface area contributed by atoms with E-state index < -0.39 is 17.7 Å². The van der Waals surface area contributed by atoms with Crippen molar-refractivity contribution in [2.75, 3.05) is 5.32 Å². The Morgan fingerprint density at radius 1 is 1.07 bits per heavy atom. The molecule has 0 aliphatic rings. The van der Waals surface area contributed by atoms with E-state index in [-0.39, 0.29) is 16.8 Å². The van der Waals surface area contributed by atoms with E-state index in [0.29, 0.717) is 16.9 Å². The molecule has 0 amide bonds. The van der Waals surface area contributed by atoms with Crippen LogP contribution in [0.25, 0.3) is 11.3 Å². The first-order chi connectivity index (χ1) is 13.2. The molecule has 3 rings (SSSR count). The van der Waals surface area contributed by atoms with Gasteiger partial charge in [0.15, 0.2) is 0 Å². The molecule has 7 heteroatoms. The highest BCUT2D eigenvalue weighted by Crippen LogP contribution is 2.37. The number of carboxylic acid groups (broad SMARTS) is 1. The zero-order valence-electron chi connectivity index (χ0n) is 15.1. The highest BCUT2D eigenvalue weighted by molar-refractivity contribution is 5.95. The molecule has 4 nitrogen and oxygen atoms in total. The van der Waals surface area contributed by atoms with Crippen molar-refractivity contribution < 1.29 is 23.1 Å². The number of halogens is 3. The van der Waals surface area contributed by atoms with E-state index in [1.165, 1.54) is 24.4 Å². The molecule has 1 heterocycles. The Labute approximate surface area is 159 Å². The zero-order chi connectivity index (χ0) is 20.5. The average Bonchev–Trinajstić information content (AvgIpc) is 2.62. The number of aromatic carboxylic acids is 1. The lowest BCUT2D eigenvalue weighted by Gasteiger charge is -2.15. The first-order valence-electron chi connectivity index (χ1n) is 8.41. The molecule has 0 atom stereocenters. The van der Waals surface area contributed by atoms with Crippen LogP contribution in [0.1, 0.15) is 27.0 Å². The van der Waals surface area contributed by atoms with Gasteiger partial charge in [-0.1, -0.05) is 29.8 Å². The summed E-state index contributed by atoms with van der Waals surface area (Å²) in [5, 5.41) is 12.3. The molecule has 0 saturated carbocycles. The summed E-state index contributed by atoms with van der Waals surface area (Å²) >= 11 is 0. The molecule has 0 unspecified atom stereocenters. The number of aromatic nitrogens is 1. The normalized spacial score (nSPS) is 11.3. The number of aryl methyl sites for hydroxylation is 2. The van der Waals surface area contributed by atoms with Gasteiger partial charge in [0.25, 0.3) is 0 Å². The molecule has 28 heavy (non-hydrogen) atoms. The van der Waals surface area contributed by atoms with Gasteiger partial charge in [-0.2, -0.15) is 13.2 Å². The molecule has 0 radical (unpaired) electrons. The number of hydrogen-bond donors (Lipinski definition) is 2. The van der Waals surface area contributed by atoms with Crippen LogP contribution >= 0.6 is 0 Å². The van der Waals surface area contributed by atoms with Gasteiger partial charge >= 0.3 is 12.1 Å². The minimum atomic E-state index is -4.49. The van der Waals surface area contributed by atoms with Crippen LogP contribution in [0.2, 0.25) is 0 Å². The Morgan fingerprint density at radius 3 is 2.43 bits per heavy atom. The smallest absolute Gasteiger partial charge is 0.417 e. The molecule has 144 valence electrons. The standard InChI is InChI=1S/C21H17F3N2O2/c1-12-7-8-18(16(9-12)20(27)28)26-14-10-13(2)19(25-11-14)15-5-3-4-6-17(15)21(22,23)24/h3-11,26H,1-2H3,(H,27,28). The Kier molecular flexibility index (Phi) is 5.09. The van der Waals surface area contributed by atoms with E-state index in [0.717, 1.165) is 11.6 Å². The number of hydrogen-bond acceptors (Lipinski definition) is 3. The Balaban J connectivity index is 1.99. The monoisotopic (exact) mass is 386 g/mol. The molecule has 2 aromatic carbocycles. The van der Waals surface area contributed by atoms with Crippen LogP contribution in [0, 0.1) is 13.8 Å². The fourth-order valence-corrected chi connectivity index (χ4v) is 2.96. The van der Waals surface area contributed by atoms with Crippen molar-refractivity contribution in [1.29, 1.82) is 0 Å². The summed E-state index contributed by atoms with van der Waals surface area (Å²) in [7, 11) is 0. The summed E-state index contributed by atoms with van der Waals surface area (Å²) in [4.78, 5) is 15.6. The van der Waals surface area contributed by atoms with Gasteiger partial charge in [0, 0.05) is 5.56 Å². The van der Waals surface area contributed by atoms with Crippen molar-refractivity contribution in [3.05, 3.63) is 77.0 Å². The molecule has 0 fully saturated rings. The number of nitrogens with zero attached hydrogens (tertiary/aromatic N) is 1. The Hall–Kier alpha value is -3.35. The van der Waals surface area contributed by atoms with E-state index in [1.54, 1.807) is 38.1 Å². The summed E-state index contributed by atoms with van der Waals surface area (Å²) in [5.41, 5.74) is 1.77. The highest BCUT2D eigenvalue weighted by Gasteiger charge is 2.33. The van der Waals surface area contributed by atoms with Gasteiger partial charge in [-0.25, -0.2) is 4.79 Å². The van der Waals surface area contributed by atoms with E-state index in [2.05, 4.69) is 10.3 Å². The van der Waals surface area contributed by atoms with Crippen molar-refractivity contribution in [3.63, 3.8) is 0 Å². The lowest BCUT2D eigenvalue weighted by molar-refractivity contribution is -0.137. The molecule has 0 spiro atoms. The molecule has 0 aliphatic carbocycles. The van der Waals surface area contributed by atoms with E-state index in [9.17, 15) is 23.1 Å². The molecular weight excluding hydrogens is 369 g/mol. The topological polar surface area (TPSA) is 62.2 Å². The fourth-order valence-electron chi connectivity index (χ4n) is 2.96. The van der Waals surface area contributed by atoms with Crippen LogP contribution in [0.5, 0.6) is 0 Å². The molecule has 0 saturated heterocycles. The van der Waals surface area contributed by atoms with Gasteiger partial charge in [0.2, 0.25) is 0 Å². The fraction of sp³-hybridized carbons (Fsp3) is 0.143. The summed E-state index contributed by atoms with van der Waals surface area (Å²) in [6.45, 7) is 3.45. The number of pyridine rings is 1. The van der Waals surface area contributed by atoms with Crippen LogP contribution in [0.15, 0.2) is 54.7 Å². The first-order valence-corrected chi connectivity index (χ1v) is 8.41. The van der Waals surface area contributed by atoms with E-state index >= 15 is 0 Å². The SMILES string of the molecule is Cc1ccc(Nc2cnc(-c3ccccc3C(F)(F)F)c(C)c2)c(C(=O)O)c1. The van der Waals surface area contributed by atoms with Gasteiger partial charge < -0.3 is 10.4 Å². The number of benzene rings is 2. The lowest BCUT2D eigenvalue weighted by atomic mass is 10.00. The molecule has 3 aromatic rings. The molecule has 1 aromatic heterocycles. The van der Waals surface area contributed by atoms with Crippen molar-refractivity contribution in [3.8, 4) is 11.3 Å². The maximum Gasteiger partial charge on any atom is 0.417 e. The van der Waals surface area contributed by atoms with Crippen LogP contribution in [-0.2, 0) is 6.18 Å². The highest BCUT2D eigenvalue weighted by atomic mass is 19.4. The Bertz CT molecular complexity index is 1050. The van der Waals surface area contributed by atoms with Crippen LogP contribution in [-0.4, -0.2) is 16.1 Å². The third kappa shape index (κ3) is 3.98. The molecular formula is C21H17F3N2O2. The second-order valence-electron chi connectivity index (χ2n) is 6.41. The summed E-state index contributed by atoms with van der Waals surface area (Å²) in [5.74, 6) is -1.08. The maximum absolute atomic E-state index is 13.3. The average molecular weight is 386 g/mol. The second-order valence-corrected chi connectivity index (χ2v) is 6.41. The summed E-state index contributed by atoms with van der Waals surface area (Å²) in [6, 6.07) is 11.9. The third-order valence-corrected chi connectivity index (χ3v) is 4.25. The van der Waals surface area contributed by atoms with Gasteiger partial charge in [0.1, 0.15) is 0 Å². The van der Waals surface area contributed by atoms with Crippen molar-refractivity contribution in [2.45, 2.75) is 20.0 Å². The first kappa shape index (κ1) is 19.4. The van der Waals surface area contributed by atoms with Gasteiger partial charge in [-0.05, 0) is 43.7 Å². The Morgan fingerprint density at radius 2 is 1.79 bits per heavy atom. The number of carboxylic acids is 1. The van der Waals surface area contributed by atoms with E-state index in [1.807, 2.05) is 0 Å². The minimum Gasteiger partial charge on any atom is -0.478 e. The summed E-state index contributed by atoms with van der Waals surface area (Å²) in [6.07, 6.45) is -3.10. The summed E-state index contributed by atoms with van der Waals surface area (Å²) < 4.78 is 39.9. The minimum absolute atomic E-state index is 0.000566. The number of anilines is 2. The maximum atomic E-state index is 13.3. The number of nitrogens with one attached hydrogen (secondary N) is 1. The quantitative estimate of drug-likeness (QED) is 0.593. The lowest BCUT2D eigenvalue weighted by Crippen LogP contribution is -2.08. The largest absolute Gasteiger partial charge is 0.478 e. The molecule has 0 aliphatic heterocycles. The van der Waals surface area contributed by atoms with Gasteiger partial charge in [-0.3, -0.25) is 4.98 Å². The molecule has 2 N–H and O–H groups in total. The van der Waals surface area contributed by atoms with Crippen molar-refractivity contribution in [1.82, 2.24) is 4.98 Å². The van der Waals surface area contributed by atoms with Crippen molar-refractivity contribution >= 4 is 17.3 Å². The van der Waals surface area contributed by atoms with Crippen LogP contribution < -0.4 is 5.32 Å². The third-order valence-electron chi connectivity index (χ3n) is 4.25. The van der Waals surface area contributed by atoms with Crippen molar-refractivity contribution in [2.24, 2.45) is 0 Å². The predicted octanol–water partition coefficient (Wildman–Crippen LogP) is 5.83. The van der Waals surface area contributed by atoms with Crippen LogP contribution in [0.3, 0.4) is 0 Å². The van der Waals surface area contributed by atoms with Gasteiger partial charge in [-0.15, -0.1) is 0 Å². The van der Waals surface area contributed by atoms with E-state index in [4.69, 9.17) is 0 Å². The zero-order valence-corrected chi connectivity index (χ0v) is 15.1. The predicted molar refractivity (Wildman–Crippen MR) is 101 cm³/mol. The second kappa shape index (κ2) is 7.34. The number of rotatable bonds is 4.